The lowest BCUT2D eigenvalue weighted by Crippen LogP contribution is -2.22. The van der Waals surface area contributed by atoms with E-state index in [1.807, 2.05) is 18.3 Å². The van der Waals surface area contributed by atoms with Gasteiger partial charge in [-0.3, -0.25) is 9.88 Å². The molecule has 0 unspecified atom stereocenters. The van der Waals surface area contributed by atoms with Gasteiger partial charge in [0.25, 0.3) is 0 Å². The van der Waals surface area contributed by atoms with Gasteiger partial charge < -0.3 is 0 Å². The van der Waals surface area contributed by atoms with Crippen molar-refractivity contribution in [2.24, 2.45) is 0 Å². The van der Waals surface area contributed by atoms with Crippen molar-refractivity contribution in [3.8, 4) is 0 Å². The molecule has 1 heterocycles. The van der Waals surface area contributed by atoms with E-state index < -0.39 is 0 Å². The standard InChI is InChI=1S/C15H18N2/c1-2-17(12-14-8-4-3-5-9-14)13-15-10-6-7-11-16-15/h3-11H,2,12-13H2,1H3. The van der Waals surface area contributed by atoms with Gasteiger partial charge in [0, 0.05) is 19.3 Å². The smallest absolute Gasteiger partial charge is 0.0544 e. The summed E-state index contributed by atoms with van der Waals surface area (Å²) in [6, 6.07) is 16.6. The van der Waals surface area contributed by atoms with Gasteiger partial charge in [0.05, 0.1) is 5.69 Å². The van der Waals surface area contributed by atoms with Crippen LogP contribution in [0.5, 0.6) is 0 Å². The van der Waals surface area contributed by atoms with E-state index in [2.05, 4.69) is 53.2 Å². The first-order chi connectivity index (χ1) is 8.38. The van der Waals surface area contributed by atoms with E-state index in [4.69, 9.17) is 0 Å². The highest BCUT2D eigenvalue weighted by atomic mass is 15.1. The molecule has 0 aliphatic rings. The molecule has 0 saturated heterocycles. The van der Waals surface area contributed by atoms with Crippen molar-refractivity contribution in [3.05, 3.63) is 66.0 Å². The molecule has 0 N–H and O–H groups in total. The molecular formula is C15H18N2. The van der Waals surface area contributed by atoms with Gasteiger partial charge in [-0.15, -0.1) is 0 Å². The molecule has 2 heteroatoms. The van der Waals surface area contributed by atoms with Gasteiger partial charge in [-0.2, -0.15) is 0 Å². The van der Waals surface area contributed by atoms with Crippen LogP contribution >= 0.6 is 0 Å². The van der Waals surface area contributed by atoms with Crippen LogP contribution in [0.15, 0.2) is 54.7 Å². The predicted octanol–water partition coefficient (Wildman–Crippen LogP) is 3.10. The third-order valence-electron chi connectivity index (χ3n) is 2.81. The van der Waals surface area contributed by atoms with Crippen molar-refractivity contribution >= 4 is 0 Å². The van der Waals surface area contributed by atoms with E-state index in [0.29, 0.717) is 0 Å². The molecule has 1 aromatic heterocycles. The van der Waals surface area contributed by atoms with E-state index in [9.17, 15) is 0 Å². The first kappa shape index (κ1) is 11.8. The highest BCUT2D eigenvalue weighted by molar-refractivity contribution is 5.14. The summed E-state index contributed by atoms with van der Waals surface area (Å²) < 4.78 is 0. The van der Waals surface area contributed by atoms with Gasteiger partial charge in [0.1, 0.15) is 0 Å². The Balaban J connectivity index is 1.98. The zero-order valence-electron chi connectivity index (χ0n) is 10.2. The molecule has 1 aromatic carbocycles. The SMILES string of the molecule is CCN(Cc1ccccc1)Cc1ccccn1. The van der Waals surface area contributed by atoms with Crippen LogP contribution in [0.4, 0.5) is 0 Å². The largest absolute Gasteiger partial charge is 0.294 e. The first-order valence-corrected chi connectivity index (χ1v) is 6.04. The minimum atomic E-state index is 0.909. The predicted molar refractivity (Wildman–Crippen MR) is 70.5 cm³/mol. The van der Waals surface area contributed by atoms with E-state index in [-0.39, 0.29) is 0 Å². The fraction of sp³-hybridized carbons (Fsp3) is 0.267. The van der Waals surface area contributed by atoms with Crippen LogP contribution in [-0.4, -0.2) is 16.4 Å². The molecule has 0 spiro atoms. The second-order valence-electron chi connectivity index (χ2n) is 4.11. The molecule has 0 saturated carbocycles. The second-order valence-corrected chi connectivity index (χ2v) is 4.11. The molecule has 0 fully saturated rings. The molecule has 0 aliphatic heterocycles. The average molecular weight is 226 g/mol. The van der Waals surface area contributed by atoms with Crippen LogP contribution in [0, 0.1) is 0 Å². The van der Waals surface area contributed by atoms with E-state index >= 15 is 0 Å². The molecule has 0 bridgehead atoms. The molecule has 0 aliphatic carbocycles. The number of aromatic nitrogens is 1. The number of pyridine rings is 1. The minimum Gasteiger partial charge on any atom is -0.294 e. The Morgan fingerprint density at radius 2 is 1.71 bits per heavy atom. The van der Waals surface area contributed by atoms with Crippen LogP contribution < -0.4 is 0 Å². The van der Waals surface area contributed by atoms with Crippen molar-refractivity contribution in [2.75, 3.05) is 6.54 Å². The van der Waals surface area contributed by atoms with Crippen LogP contribution in [0.1, 0.15) is 18.2 Å². The van der Waals surface area contributed by atoms with Crippen molar-refractivity contribution in [1.29, 1.82) is 0 Å². The maximum Gasteiger partial charge on any atom is 0.0544 e. The summed E-state index contributed by atoms with van der Waals surface area (Å²) in [6.07, 6.45) is 1.85. The number of hydrogen-bond donors (Lipinski definition) is 0. The Kier molecular flexibility index (Phi) is 4.28. The van der Waals surface area contributed by atoms with Gasteiger partial charge in [-0.25, -0.2) is 0 Å². The third kappa shape index (κ3) is 3.68. The maximum atomic E-state index is 4.37. The fourth-order valence-electron chi connectivity index (χ4n) is 1.84. The van der Waals surface area contributed by atoms with Gasteiger partial charge in [-0.05, 0) is 24.2 Å². The summed E-state index contributed by atoms with van der Waals surface area (Å²) >= 11 is 0. The zero-order valence-corrected chi connectivity index (χ0v) is 10.2. The normalized spacial score (nSPS) is 10.7. The van der Waals surface area contributed by atoms with E-state index in [0.717, 1.165) is 25.3 Å². The second kappa shape index (κ2) is 6.16. The molecule has 2 rings (SSSR count). The lowest BCUT2D eigenvalue weighted by Gasteiger charge is -2.19. The topological polar surface area (TPSA) is 16.1 Å². The fourth-order valence-corrected chi connectivity index (χ4v) is 1.84. The number of benzene rings is 1. The average Bonchev–Trinajstić information content (AvgIpc) is 2.40. The molecule has 2 nitrogen and oxygen atoms in total. The molecule has 17 heavy (non-hydrogen) atoms. The van der Waals surface area contributed by atoms with Gasteiger partial charge in [-0.1, -0.05) is 43.3 Å². The Morgan fingerprint density at radius 3 is 2.35 bits per heavy atom. The molecular weight excluding hydrogens is 208 g/mol. The number of hydrogen-bond acceptors (Lipinski definition) is 2. The number of rotatable bonds is 5. The molecule has 0 radical (unpaired) electrons. The summed E-state index contributed by atoms with van der Waals surface area (Å²) in [5.74, 6) is 0. The van der Waals surface area contributed by atoms with Gasteiger partial charge in [0.15, 0.2) is 0 Å². The zero-order chi connectivity index (χ0) is 11.9. The molecule has 88 valence electrons. The van der Waals surface area contributed by atoms with Gasteiger partial charge in [0.2, 0.25) is 0 Å². The quantitative estimate of drug-likeness (QED) is 0.778. The molecule has 0 amide bonds. The third-order valence-corrected chi connectivity index (χ3v) is 2.81. The highest BCUT2D eigenvalue weighted by Gasteiger charge is 2.04. The Bertz CT molecular complexity index is 384. The number of nitrogens with zero attached hydrogens (tertiary/aromatic N) is 2. The van der Waals surface area contributed by atoms with E-state index in [1.54, 1.807) is 0 Å². The van der Waals surface area contributed by atoms with Crippen LogP contribution in [0.3, 0.4) is 0 Å². The monoisotopic (exact) mass is 226 g/mol. The van der Waals surface area contributed by atoms with Crippen LogP contribution in [0.2, 0.25) is 0 Å². The summed E-state index contributed by atoms with van der Waals surface area (Å²) in [5.41, 5.74) is 2.48. The van der Waals surface area contributed by atoms with Crippen LogP contribution in [-0.2, 0) is 13.1 Å². The Morgan fingerprint density at radius 1 is 0.941 bits per heavy atom. The lowest BCUT2D eigenvalue weighted by molar-refractivity contribution is 0.268. The first-order valence-electron chi connectivity index (χ1n) is 6.04. The molecule has 2 aromatic rings. The Hall–Kier alpha value is -1.67. The summed E-state index contributed by atoms with van der Waals surface area (Å²) in [4.78, 5) is 6.75. The van der Waals surface area contributed by atoms with Crippen molar-refractivity contribution in [3.63, 3.8) is 0 Å². The van der Waals surface area contributed by atoms with Crippen molar-refractivity contribution in [1.82, 2.24) is 9.88 Å². The van der Waals surface area contributed by atoms with E-state index in [1.165, 1.54) is 5.56 Å². The highest BCUT2D eigenvalue weighted by Crippen LogP contribution is 2.07. The maximum absolute atomic E-state index is 4.37. The lowest BCUT2D eigenvalue weighted by atomic mass is 10.2. The van der Waals surface area contributed by atoms with Crippen molar-refractivity contribution < 1.29 is 0 Å². The van der Waals surface area contributed by atoms with Crippen molar-refractivity contribution in [2.45, 2.75) is 20.0 Å². The Labute approximate surface area is 103 Å². The van der Waals surface area contributed by atoms with Crippen LogP contribution in [0.25, 0.3) is 0 Å². The minimum absolute atomic E-state index is 0.909. The van der Waals surface area contributed by atoms with Gasteiger partial charge >= 0.3 is 0 Å². The summed E-state index contributed by atoms with van der Waals surface area (Å²) in [7, 11) is 0. The summed E-state index contributed by atoms with van der Waals surface area (Å²) in [5, 5.41) is 0. The molecule has 0 atom stereocenters. The summed E-state index contributed by atoms with van der Waals surface area (Å²) in [6.45, 7) is 5.11.